The monoisotopic (exact) mass is 183 g/mol. The molecule has 14 heavy (non-hydrogen) atoms. The van der Waals surface area contributed by atoms with Crippen LogP contribution in [0, 0.1) is 0 Å². The molecule has 0 saturated heterocycles. The zero-order valence-electron chi connectivity index (χ0n) is 7.98. The van der Waals surface area contributed by atoms with E-state index in [0.29, 0.717) is 0 Å². The summed E-state index contributed by atoms with van der Waals surface area (Å²) in [6.07, 6.45) is 19.4. The molecule has 0 saturated carbocycles. The van der Waals surface area contributed by atoms with Crippen molar-refractivity contribution in [3.05, 3.63) is 71.5 Å². The molecule has 0 heterocycles. The Morgan fingerprint density at radius 2 is 1.79 bits per heavy atom. The molecule has 1 nitrogen and oxygen atoms in total. The SMILES string of the molecule is NC1=C/C=C\C=C2\CC=CC=C2C=C1. The van der Waals surface area contributed by atoms with Crippen molar-refractivity contribution in [3.8, 4) is 0 Å². The molecule has 0 atom stereocenters. The van der Waals surface area contributed by atoms with Crippen molar-refractivity contribution >= 4 is 0 Å². The molecular weight excluding hydrogens is 170 g/mol. The Kier molecular flexibility index (Phi) is 2.50. The largest absolute Gasteiger partial charge is 0.399 e. The van der Waals surface area contributed by atoms with Gasteiger partial charge in [0.1, 0.15) is 0 Å². The lowest BCUT2D eigenvalue weighted by Gasteiger charge is -2.08. The number of rotatable bonds is 0. The molecule has 0 spiro atoms. The molecule has 2 N–H and O–H groups in total. The van der Waals surface area contributed by atoms with Gasteiger partial charge in [-0.25, -0.2) is 0 Å². The van der Waals surface area contributed by atoms with Crippen LogP contribution in [0.4, 0.5) is 0 Å². The Morgan fingerprint density at radius 1 is 0.929 bits per heavy atom. The first-order chi connectivity index (χ1) is 6.86. The van der Waals surface area contributed by atoms with Crippen molar-refractivity contribution < 1.29 is 0 Å². The highest BCUT2D eigenvalue weighted by molar-refractivity contribution is 5.49. The molecular formula is C13H13N. The molecule has 0 fully saturated rings. The van der Waals surface area contributed by atoms with E-state index < -0.39 is 0 Å². The van der Waals surface area contributed by atoms with E-state index in [0.717, 1.165) is 12.1 Å². The third kappa shape index (κ3) is 1.94. The van der Waals surface area contributed by atoms with E-state index in [-0.39, 0.29) is 0 Å². The second-order valence-electron chi connectivity index (χ2n) is 3.33. The van der Waals surface area contributed by atoms with Crippen molar-refractivity contribution in [3.63, 3.8) is 0 Å². The Balaban J connectivity index is 2.40. The van der Waals surface area contributed by atoms with Crippen LogP contribution in [-0.2, 0) is 0 Å². The van der Waals surface area contributed by atoms with Gasteiger partial charge in [-0.1, -0.05) is 42.5 Å². The summed E-state index contributed by atoms with van der Waals surface area (Å²) in [7, 11) is 0. The van der Waals surface area contributed by atoms with Crippen molar-refractivity contribution in [2.45, 2.75) is 6.42 Å². The standard InChI is InChI=1S/C13H13N/c14-13-8-4-3-6-11-5-1-2-7-12(11)9-10-13/h1-4,6-10H,5,14H2/b4-3-,10-9?,11-6-,13-8?. The molecule has 1 heteroatoms. The average Bonchev–Trinajstić information content (AvgIpc) is 2.30. The first-order valence-corrected chi connectivity index (χ1v) is 4.74. The normalized spacial score (nSPS) is 25.9. The number of hydrogen-bond donors (Lipinski definition) is 1. The summed E-state index contributed by atoms with van der Waals surface area (Å²) in [6.45, 7) is 0. The van der Waals surface area contributed by atoms with Crippen LogP contribution in [0.1, 0.15) is 6.42 Å². The summed E-state index contributed by atoms with van der Waals surface area (Å²) in [5.74, 6) is 0. The fourth-order valence-electron chi connectivity index (χ4n) is 1.50. The smallest absolute Gasteiger partial charge is 0.0314 e. The summed E-state index contributed by atoms with van der Waals surface area (Å²) in [6, 6.07) is 0. The summed E-state index contributed by atoms with van der Waals surface area (Å²) in [5, 5.41) is 0. The molecule has 70 valence electrons. The zero-order chi connectivity index (χ0) is 9.80. The van der Waals surface area contributed by atoms with Crippen LogP contribution in [0.25, 0.3) is 0 Å². The van der Waals surface area contributed by atoms with Gasteiger partial charge in [0.15, 0.2) is 0 Å². The summed E-state index contributed by atoms with van der Waals surface area (Å²) >= 11 is 0. The predicted molar refractivity (Wildman–Crippen MR) is 60.5 cm³/mol. The molecule has 2 rings (SSSR count). The van der Waals surface area contributed by atoms with Gasteiger partial charge in [0.05, 0.1) is 0 Å². The topological polar surface area (TPSA) is 26.0 Å². The maximum absolute atomic E-state index is 5.75. The van der Waals surface area contributed by atoms with Crippen LogP contribution in [0.2, 0.25) is 0 Å². The third-order valence-corrected chi connectivity index (χ3v) is 2.27. The Morgan fingerprint density at radius 3 is 2.71 bits per heavy atom. The Hall–Kier alpha value is -1.76. The van der Waals surface area contributed by atoms with Crippen molar-refractivity contribution in [2.24, 2.45) is 5.73 Å². The van der Waals surface area contributed by atoms with Gasteiger partial charge in [0, 0.05) is 5.70 Å². The van der Waals surface area contributed by atoms with E-state index in [1.807, 2.05) is 24.3 Å². The summed E-state index contributed by atoms with van der Waals surface area (Å²) in [4.78, 5) is 0. The average molecular weight is 183 g/mol. The fourth-order valence-corrected chi connectivity index (χ4v) is 1.50. The fraction of sp³-hybridized carbons (Fsp3) is 0.0769. The van der Waals surface area contributed by atoms with Crippen molar-refractivity contribution in [1.29, 1.82) is 0 Å². The van der Waals surface area contributed by atoms with E-state index >= 15 is 0 Å². The van der Waals surface area contributed by atoms with Gasteiger partial charge in [-0.3, -0.25) is 0 Å². The van der Waals surface area contributed by atoms with Crippen LogP contribution in [0.15, 0.2) is 71.5 Å². The van der Waals surface area contributed by atoms with Crippen molar-refractivity contribution in [2.75, 3.05) is 0 Å². The third-order valence-electron chi connectivity index (χ3n) is 2.27. The Bertz CT molecular complexity index is 401. The van der Waals surface area contributed by atoms with Gasteiger partial charge in [-0.2, -0.15) is 0 Å². The molecule has 0 bridgehead atoms. The number of fused-ring (bicyclic) bond motifs is 1. The summed E-state index contributed by atoms with van der Waals surface area (Å²) in [5.41, 5.74) is 9.12. The van der Waals surface area contributed by atoms with Crippen LogP contribution >= 0.6 is 0 Å². The highest BCUT2D eigenvalue weighted by Gasteiger charge is 2.02. The van der Waals surface area contributed by atoms with Crippen molar-refractivity contribution in [1.82, 2.24) is 0 Å². The quantitative estimate of drug-likeness (QED) is 0.614. The molecule has 0 aromatic heterocycles. The molecule has 0 amide bonds. The maximum atomic E-state index is 5.75. The van der Waals surface area contributed by atoms with E-state index in [1.165, 1.54) is 11.1 Å². The molecule has 0 aliphatic heterocycles. The molecule has 0 unspecified atom stereocenters. The predicted octanol–water partition coefficient (Wildman–Crippen LogP) is 2.77. The first-order valence-electron chi connectivity index (χ1n) is 4.74. The minimum atomic E-state index is 0.784. The van der Waals surface area contributed by atoms with E-state index in [2.05, 4.69) is 30.4 Å². The van der Waals surface area contributed by atoms with Crippen LogP contribution in [-0.4, -0.2) is 0 Å². The van der Waals surface area contributed by atoms with Gasteiger partial charge >= 0.3 is 0 Å². The van der Waals surface area contributed by atoms with Gasteiger partial charge in [-0.15, -0.1) is 0 Å². The first kappa shape index (κ1) is 8.82. The van der Waals surface area contributed by atoms with Gasteiger partial charge < -0.3 is 5.73 Å². The molecule has 2 aliphatic rings. The zero-order valence-corrected chi connectivity index (χ0v) is 7.98. The van der Waals surface area contributed by atoms with E-state index in [4.69, 9.17) is 5.73 Å². The lowest BCUT2D eigenvalue weighted by atomic mass is 9.97. The lowest BCUT2D eigenvalue weighted by Crippen LogP contribution is -1.93. The van der Waals surface area contributed by atoms with E-state index in [1.54, 1.807) is 0 Å². The second-order valence-corrected chi connectivity index (χ2v) is 3.33. The molecule has 0 aromatic rings. The Labute approximate surface area is 84.3 Å². The maximum Gasteiger partial charge on any atom is 0.0314 e. The van der Waals surface area contributed by atoms with Gasteiger partial charge in [0.2, 0.25) is 0 Å². The highest BCUT2D eigenvalue weighted by atomic mass is 14.5. The van der Waals surface area contributed by atoms with Crippen LogP contribution in [0.3, 0.4) is 0 Å². The number of nitrogens with two attached hydrogens (primary N) is 1. The number of hydrogen-bond acceptors (Lipinski definition) is 1. The van der Waals surface area contributed by atoms with Crippen LogP contribution < -0.4 is 5.73 Å². The molecule has 0 radical (unpaired) electrons. The summed E-state index contributed by atoms with van der Waals surface area (Å²) < 4.78 is 0. The van der Waals surface area contributed by atoms with Gasteiger partial charge in [0.25, 0.3) is 0 Å². The minimum absolute atomic E-state index is 0.784. The molecule has 2 aliphatic carbocycles. The highest BCUT2D eigenvalue weighted by Crippen LogP contribution is 2.21. The lowest BCUT2D eigenvalue weighted by molar-refractivity contribution is 1.22. The van der Waals surface area contributed by atoms with Crippen LogP contribution in [0.5, 0.6) is 0 Å². The van der Waals surface area contributed by atoms with Gasteiger partial charge in [-0.05, 0) is 29.7 Å². The minimum Gasteiger partial charge on any atom is -0.399 e. The number of allylic oxidation sites excluding steroid dienone is 11. The van der Waals surface area contributed by atoms with E-state index in [9.17, 15) is 0 Å². The second kappa shape index (κ2) is 3.97. The molecule has 0 aromatic carbocycles.